The lowest BCUT2D eigenvalue weighted by atomic mass is 10.3. The molecule has 1 aliphatic rings. The van der Waals surface area contributed by atoms with Gasteiger partial charge in [-0.05, 0) is 30.9 Å². The van der Waals surface area contributed by atoms with Crippen molar-refractivity contribution in [3.05, 3.63) is 23.9 Å². The number of rotatable bonds is 4. The van der Waals surface area contributed by atoms with Crippen molar-refractivity contribution in [2.45, 2.75) is 12.8 Å². The number of nitrogens with zero attached hydrogens (tertiary/aromatic N) is 2. The van der Waals surface area contributed by atoms with Gasteiger partial charge in [0.2, 0.25) is 0 Å². The highest BCUT2D eigenvalue weighted by atomic mass is 32.1. The first-order valence-corrected chi connectivity index (χ1v) is 5.54. The monoisotopic (exact) mass is 221 g/mol. The van der Waals surface area contributed by atoms with E-state index in [4.69, 9.17) is 18.0 Å². The molecule has 80 valence electrons. The van der Waals surface area contributed by atoms with Crippen LogP contribution >= 0.6 is 12.2 Å². The quantitative estimate of drug-likeness (QED) is 0.784. The number of hydrogen-bond acceptors (Lipinski definition) is 3. The highest BCUT2D eigenvalue weighted by Gasteiger charge is 2.23. The summed E-state index contributed by atoms with van der Waals surface area (Å²) in [5, 5.41) is 0. The fourth-order valence-corrected chi connectivity index (χ4v) is 1.66. The SMILES string of the molecule is CN(CC1CC1)c1ccc(C(N)=S)cn1. The Kier molecular flexibility index (Phi) is 2.86. The molecule has 2 rings (SSSR count). The van der Waals surface area contributed by atoms with Crippen molar-refractivity contribution in [3.8, 4) is 0 Å². The van der Waals surface area contributed by atoms with E-state index < -0.39 is 0 Å². The van der Waals surface area contributed by atoms with Crippen LogP contribution in [0, 0.1) is 5.92 Å². The van der Waals surface area contributed by atoms with E-state index in [0.717, 1.165) is 23.8 Å². The normalized spacial score (nSPS) is 15.0. The Hall–Kier alpha value is -1.16. The van der Waals surface area contributed by atoms with Crippen LogP contribution in [-0.4, -0.2) is 23.6 Å². The molecule has 0 unspecified atom stereocenters. The molecule has 1 saturated carbocycles. The van der Waals surface area contributed by atoms with Crippen molar-refractivity contribution >= 4 is 23.0 Å². The lowest BCUT2D eigenvalue weighted by Crippen LogP contribution is -2.21. The Morgan fingerprint density at radius 2 is 2.33 bits per heavy atom. The fourth-order valence-electron chi connectivity index (χ4n) is 1.54. The molecule has 1 aromatic rings. The molecule has 0 amide bonds. The van der Waals surface area contributed by atoms with E-state index in [1.807, 2.05) is 12.1 Å². The summed E-state index contributed by atoms with van der Waals surface area (Å²) in [5.74, 6) is 1.86. The van der Waals surface area contributed by atoms with Gasteiger partial charge in [-0.25, -0.2) is 4.98 Å². The Labute approximate surface area is 95.3 Å². The van der Waals surface area contributed by atoms with Gasteiger partial charge < -0.3 is 10.6 Å². The fraction of sp³-hybridized carbons (Fsp3) is 0.455. The van der Waals surface area contributed by atoms with Gasteiger partial charge in [0.15, 0.2) is 0 Å². The minimum atomic E-state index is 0.402. The average molecular weight is 221 g/mol. The van der Waals surface area contributed by atoms with Gasteiger partial charge in [-0.2, -0.15) is 0 Å². The van der Waals surface area contributed by atoms with Crippen LogP contribution in [-0.2, 0) is 0 Å². The molecule has 1 fully saturated rings. The number of pyridine rings is 1. The van der Waals surface area contributed by atoms with Gasteiger partial charge in [0.05, 0.1) is 0 Å². The molecule has 0 aromatic carbocycles. The van der Waals surface area contributed by atoms with Gasteiger partial charge in [-0.1, -0.05) is 12.2 Å². The Morgan fingerprint density at radius 3 is 2.80 bits per heavy atom. The Bertz CT molecular complexity index is 357. The minimum absolute atomic E-state index is 0.402. The summed E-state index contributed by atoms with van der Waals surface area (Å²) in [6.07, 6.45) is 4.45. The van der Waals surface area contributed by atoms with Crippen LogP contribution in [0.3, 0.4) is 0 Å². The molecular formula is C11H15N3S. The molecule has 1 aliphatic carbocycles. The van der Waals surface area contributed by atoms with E-state index in [-0.39, 0.29) is 0 Å². The maximum absolute atomic E-state index is 5.51. The van der Waals surface area contributed by atoms with Crippen LogP contribution in [0.1, 0.15) is 18.4 Å². The standard InChI is InChI=1S/C11H15N3S/c1-14(7-8-2-3-8)10-5-4-9(6-13-10)11(12)15/h4-6,8H,2-3,7H2,1H3,(H2,12,15). The van der Waals surface area contributed by atoms with Crippen LogP contribution in [0.5, 0.6) is 0 Å². The van der Waals surface area contributed by atoms with Gasteiger partial charge in [0.25, 0.3) is 0 Å². The lowest BCUT2D eigenvalue weighted by Gasteiger charge is -2.17. The number of anilines is 1. The number of nitrogens with two attached hydrogens (primary N) is 1. The van der Waals surface area contributed by atoms with Crippen molar-refractivity contribution in [1.82, 2.24) is 4.98 Å². The zero-order valence-electron chi connectivity index (χ0n) is 8.81. The van der Waals surface area contributed by atoms with Crippen molar-refractivity contribution in [2.24, 2.45) is 11.7 Å². The first kappa shape index (κ1) is 10.4. The second-order valence-electron chi connectivity index (χ2n) is 4.09. The molecule has 0 atom stereocenters. The van der Waals surface area contributed by atoms with Gasteiger partial charge in [0.1, 0.15) is 10.8 Å². The molecule has 0 spiro atoms. The lowest BCUT2D eigenvalue weighted by molar-refractivity contribution is 0.777. The van der Waals surface area contributed by atoms with Gasteiger partial charge in [-0.15, -0.1) is 0 Å². The number of thiocarbonyl (C=S) groups is 1. The average Bonchev–Trinajstić information content (AvgIpc) is 3.02. The molecule has 1 aromatic heterocycles. The summed E-state index contributed by atoms with van der Waals surface area (Å²) in [5.41, 5.74) is 6.34. The van der Waals surface area contributed by atoms with Gasteiger partial charge in [0, 0.05) is 25.4 Å². The molecular weight excluding hydrogens is 206 g/mol. The summed E-state index contributed by atoms with van der Waals surface area (Å²) >= 11 is 4.88. The zero-order valence-corrected chi connectivity index (χ0v) is 9.63. The van der Waals surface area contributed by atoms with Gasteiger partial charge >= 0.3 is 0 Å². The van der Waals surface area contributed by atoms with Crippen molar-refractivity contribution in [1.29, 1.82) is 0 Å². The molecule has 0 radical (unpaired) electrons. The van der Waals surface area contributed by atoms with Crippen molar-refractivity contribution < 1.29 is 0 Å². The van der Waals surface area contributed by atoms with Crippen LogP contribution in [0.15, 0.2) is 18.3 Å². The third kappa shape index (κ3) is 2.65. The zero-order chi connectivity index (χ0) is 10.8. The Balaban J connectivity index is 2.04. The second kappa shape index (κ2) is 4.14. The van der Waals surface area contributed by atoms with E-state index in [0.29, 0.717) is 4.99 Å². The highest BCUT2D eigenvalue weighted by Crippen LogP contribution is 2.30. The molecule has 2 N–H and O–H groups in total. The molecule has 4 heteroatoms. The predicted octanol–water partition coefficient (Wildman–Crippen LogP) is 1.56. The van der Waals surface area contributed by atoms with E-state index >= 15 is 0 Å². The smallest absolute Gasteiger partial charge is 0.128 e. The molecule has 1 heterocycles. The molecule has 0 aliphatic heterocycles. The Morgan fingerprint density at radius 1 is 1.60 bits per heavy atom. The van der Waals surface area contributed by atoms with Crippen molar-refractivity contribution in [3.63, 3.8) is 0 Å². The van der Waals surface area contributed by atoms with E-state index in [1.54, 1.807) is 6.20 Å². The third-order valence-electron chi connectivity index (χ3n) is 2.65. The summed E-state index contributed by atoms with van der Waals surface area (Å²) in [7, 11) is 2.07. The first-order chi connectivity index (χ1) is 7.16. The number of aromatic nitrogens is 1. The first-order valence-electron chi connectivity index (χ1n) is 5.14. The maximum Gasteiger partial charge on any atom is 0.128 e. The molecule has 3 nitrogen and oxygen atoms in total. The second-order valence-corrected chi connectivity index (χ2v) is 4.53. The van der Waals surface area contributed by atoms with Gasteiger partial charge in [-0.3, -0.25) is 0 Å². The van der Waals surface area contributed by atoms with Crippen LogP contribution < -0.4 is 10.6 Å². The summed E-state index contributed by atoms with van der Waals surface area (Å²) in [6, 6.07) is 3.89. The maximum atomic E-state index is 5.51. The summed E-state index contributed by atoms with van der Waals surface area (Å²) in [4.78, 5) is 6.92. The van der Waals surface area contributed by atoms with E-state index in [2.05, 4.69) is 16.9 Å². The largest absolute Gasteiger partial charge is 0.389 e. The van der Waals surface area contributed by atoms with E-state index in [9.17, 15) is 0 Å². The van der Waals surface area contributed by atoms with Crippen molar-refractivity contribution in [2.75, 3.05) is 18.5 Å². The highest BCUT2D eigenvalue weighted by molar-refractivity contribution is 7.80. The van der Waals surface area contributed by atoms with Crippen LogP contribution in [0.4, 0.5) is 5.82 Å². The van der Waals surface area contributed by atoms with E-state index in [1.165, 1.54) is 12.8 Å². The summed E-state index contributed by atoms with van der Waals surface area (Å²) in [6.45, 7) is 1.10. The topological polar surface area (TPSA) is 42.1 Å². The third-order valence-corrected chi connectivity index (χ3v) is 2.89. The summed E-state index contributed by atoms with van der Waals surface area (Å²) < 4.78 is 0. The van der Waals surface area contributed by atoms with Crippen LogP contribution in [0.2, 0.25) is 0 Å². The molecule has 15 heavy (non-hydrogen) atoms. The molecule has 0 saturated heterocycles. The molecule has 0 bridgehead atoms. The minimum Gasteiger partial charge on any atom is -0.389 e. The number of hydrogen-bond donors (Lipinski definition) is 1. The predicted molar refractivity (Wildman–Crippen MR) is 66.1 cm³/mol. The van der Waals surface area contributed by atoms with Crippen LogP contribution in [0.25, 0.3) is 0 Å².